The lowest BCUT2D eigenvalue weighted by atomic mass is 10.1. The minimum absolute atomic E-state index is 0.104. The Morgan fingerprint density at radius 2 is 1.86 bits per heavy atom. The molecule has 1 aliphatic rings. The van der Waals surface area contributed by atoms with Crippen molar-refractivity contribution >= 4 is 34.8 Å². The average Bonchev–Trinajstić information content (AvgIpc) is 3.19. The van der Waals surface area contributed by atoms with Gasteiger partial charge in [0.2, 0.25) is 5.91 Å². The van der Waals surface area contributed by atoms with Crippen LogP contribution in [0.15, 0.2) is 59.7 Å². The zero-order valence-corrected chi connectivity index (χ0v) is 16.1. The molecule has 3 rings (SSSR count). The van der Waals surface area contributed by atoms with Crippen LogP contribution in [0.4, 0.5) is 11.4 Å². The van der Waals surface area contributed by atoms with Gasteiger partial charge in [-0.1, -0.05) is 31.2 Å². The number of carbonyl (C=O) groups excluding carboxylic acids is 3. The van der Waals surface area contributed by atoms with Gasteiger partial charge in [0, 0.05) is 24.2 Å². The zero-order valence-electron chi connectivity index (χ0n) is 16.1. The van der Waals surface area contributed by atoms with Gasteiger partial charge in [0.15, 0.2) is 0 Å². The summed E-state index contributed by atoms with van der Waals surface area (Å²) in [7, 11) is 0. The van der Waals surface area contributed by atoms with E-state index in [2.05, 4.69) is 15.7 Å². The molecule has 1 atom stereocenters. The topological polar surface area (TPSA) is 117 Å². The first-order chi connectivity index (χ1) is 14.0. The summed E-state index contributed by atoms with van der Waals surface area (Å²) in [5.74, 6) is -1.21. The Bertz CT molecular complexity index is 942. The highest BCUT2D eigenvalue weighted by Gasteiger charge is 2.34. The van der Waals surface area contributed by atoms with Crippen molar-refractivity contribution in [3.63, 3.8) is 0 Å². The second kappa shape index (κ2) is 9.01. The third kappa shape index (κ3) is 4.78. The summed E-state index contributed by atoms with van der Waals surface area (Å²) in [4.78, 5) is 36.7. The summed E-state index contributed by atoms with van der Waals surface area (Å²) in [6.45, 7) is 2.55. The number of amides is 3. The maximum Gasteiger partial charge on any atom is 0.271 e. The SMILES string of the molecule is CCCNC(=O)c1cccc(NC(=O)C2=NN(c3ccccc3)C(C(N)=O)C2)c1. The Kier molecular flexibility index (Phi) is 6.23. The van der Waals surface area contributed by atoms with E-state index in [1.165, 1.54) is 5.01 Å². The van der Waals surface area contributed by atoms with Crippen LogP contribution in [-0.2, 0) is 9.59 Å². The fourth-order valence-corrected chi connectivity index (χ4v) is 2.97. The fourth-order valence-electron chi connectivity index (χ4n) is 2.97. The van der Waals surface area contributed by atoms with E-state index < -0.39 is 17.9 Å². The predicted octanol–water partition coefficient (Wildman–Crippen LogP) is 1.89. The highest BCUT2D eigenvalue weighted by atomic mass is 16.2. The van der Waals surface area contributed by atoms with Gasteiger partial charge in [-0.25, -0.2) is 0 Å². The minimum Gasteiger partial charge on any atom is -0.368 e. The molecule has 0 saturated carbocycles. The van der Waals surface area contributed by atoms with Crippen LogP contribution in [-0.4, -0.2) is 36.0 Å². The number of nitrogens with zero attached hydrogens (tertiary/aromatic N) is 2. The van der Waals surface area contributed by atoms with Gasteiger partial charge in [-0.3, -0.25) is 19.4 Å². The molecule has 0 bridgehead atoms. The second-order valence-corrected chi connectivity index (χ2v) is 6.64. The number of hydrogen-bond acceptors (Lipinski definition) is 5. The van der Waals surface area contributed by atoms with E-state index in [1.807, 2.05) is 25.1 Å². The lowest BCUT2D eigenvalue weighted by Crippen LogP contribution is -2.39. The second-order valence-electron chi connectivity index (χ2n) is 6.64. The summed E-state index contributed by atoms with van der Waals surface area (Å²) in [6.07, 6.45) is 0.938. The maximum atomic E-state index is 12.7. The predicted molar refractivity (Wildman–Crippen MR) is 112 cm³/mol. The van der Waals surface area contributed by atoms with Gasteiger partial charge >= 0.3 is 0 Å². The largest absolute Gasteiger partial charge is 0.368 e. The van der Waals surface area contributed by atoms with Crippen molar-refractivity contribution in [1.29, 1.82) is 0 Å². The van der Waals surface area contributed by atoms with Crippen molar-refractivity contribution in [2.24, 2.45) is 10.8 Å². The van der Waals surface area contributed by atoms with Crippen LogP contribution < -0.4 is 21.4 Å². The van der Waals surface area contributed by atoms with E-state index >= 15 is 0 Å². The number of carbonyl (C=O) groups is 3. The molecule has 0 aromatic heterocycles. The van der Waals surface area contributed by atoms with Crippen molar-refractivity contribution in [3.8, 4) is 0 Å². The molecular formula is C21H23N5O3. The van der Waals surface area contributed by atoms with E-state index in [4.69, 9.17) is 5.73 Å². The summed E-state index contributed by atoms with van der Waals surface area (Å²) in [6, 6.07) is 15.0. The van der Waals surface area contributed by atoms with E-state index in [9.17, 15) is 14.4 Å². The van der Waals surface area contributed by atoms with Crippen molar-refractivity contribution in [2.75, 3.05) is 16.9 Å². The summed E-state index contributed by atoms with van der Waals surface area (Å²) < 4.78 is 0. The molecule has 29 heavy (non-hydrogen) atoms. The normalized spacial score (nSPS) is 15.6. The van der Waals surface area contributed by atoms with E-state index in [1.54, 1.807) is 36.4 Å². The molecule has 1 heterocycles. The van der Waals surface area contributed by atoms with Gasteiger partial charge in [-0.15, -0.1) is 0 Å². The first kappa shape index (κ1) is 20.1. The highest BCUT2D eigenvalue weighted by molar-refractivity contribution is 6.44. The molecule has 0 fully saturated rings. The third-order valence-corrected chi connectivity index (χ3v) is 4.44. The van der Waals surface area contributed by atoms with Crippen molar-refractivity contribution in [1.82, 2.24) is 5.32 Å². The van der Waals surface area contributed by atoms with E-state index in [-0.39, 0.29) is 18.0 Å². The molecule has 2 aromatic carbocycles. The molecule has 0 spiro atoms. The lowest BCUT2D eigenvalue weighted by Gasteiger charge is -2.20. The molecule has 150 valence electrons. The molecule has 8 heteroatoms. The standard InChI is InChI=1S/C21H23N5O3/c1-2-11-23-20(28)14-7-6-8-15(12-14)24-21(29)17-13-18(19(22)27)26(25-17)16-9-4-3-5-10-16/h3-10,12,18H,2,11,13H2,1H3,(H2,22,27)(H,23,28)(H,24,29). The van der Waals surface area contributed by atoms with Crippen LogP contribution in [0, 0.1) is 0 Å². The minimum atomic E-state index is -0.732. The molecule has 0 aliphatic carbocycles. The van der Waals surface area contributed by atoms with E-state index in [0.29, 0.717) is 23.5 Å². The van der Waals surface area contributed by atoms with Crippen LogP contribution in [0.2, 0.25) is 0 Å². The monoisotopic (exact) mass is 393 g/mol. The average molecular weight is 393 g/mol. The summed E-state index contributed by atoms with van der Waals surface area (Å²) in [5.41, 5.74) is 7.29. The van der Waals surface area contributed by atoms with Crippen molar-refractivity contribution in [2.45, 2.75) is 25.8 Å². The molecule has 0 radical (unpaired) electrons. The Balaban J connectivity index is 1.75. The number of hydrazone groups is 1. The number of nitrogens with two attached hydrogens (primary N) is 1. The Labute approximate surface area is 168 Å². The highest BCUT2D eigenvalue weighted by Crippen LogP contribution is 2.24. The number of anilines is 2. The van der Waals surface area contributed by atoms with Crippen LogP contribution >= 0.6 is 0 Å². The Hall–Kier alpha value is -3.68. The lowest BCUT2D eigenvalue weighted by molar-refractivity contribution is -0.119. The number of nitrogens with one attached hydrogen (secondary N) is 2. The summed E-state index contributed by atoms with van der Waals surface area (Å²) in [5, 5.41) is 11.3. The van der Waals surface area contributed by atoms with E-state index in [0.717, 1.165) is 6.42 Å². The number of para-hydroxylation sites is 1. The van der Waals surface area contributed by atoms with Gasteiger partial charge in [0.05, 0.1) is 5.69 Å². The maximum absolute atomic E-state index is 12.7. The summed E-state index contributed by atoms with van der Waals surface area (Å²) >= 11 is 0. The molecule has 0 saturated heterocycles. The number of benzene rings is 2. The van der Waals surface area contributed by atoms with Crippen LogP contribution in [0.3, 0.4) is 0 Å². The molecule has 1 aliphatic heterocycles. The van der Waals surface area contributed by atoms with Gasteiger partial charge in [0.25, 0.3) is 11.8 Å². The molecular weight excluding hydrogens is 370 g/mol. The Morgan fingerprint density at radius 3 is 2.55 bits per heavy atom. The fraction of sp³-hybridized carbons (Fsp3) is 0.238. The van der Waals surface area contributed by atoms with Gasteiger partial charge < -0.3 is 16.4 Å². The third-order valence-electron chi connectivity index (χ3n) is 4.44. The molecule has 1 unspecified atom stereocenters. The number of rotatable bonds is 7. The van der Waals surface area contributed by atoms with Crippen LogP contribution in [0.1, 0.15) is 30.1 Å². The zero-order chi connectivity index (χ0) is 20.8. The van der Waals surface area contributed by atoms with Crippen LogP contribution in [0.5, 0.6) is 0 Å². The van der Waals surface area contributed by atoms with Crippen molar-refractivity contribution < 1.29 is 14.4 Å². The number of primary amides is 1. The molecule has 8 nitrogen and oxygen atoms in total. The Morgan fingerprint density at radius 1 is 1.10 bits per heavy atom. The number of hydrogen-bond donors (Lipinski definition) is 3. The van der Waals surface area contributed by atoms with Crippen LogP contribution in [0.25, 0.3) is 0 Å². The quantitative estimate of drug-likeness (QED) is 0.666. The van der Waals surface area contributed by atoms with Gasteiger partial charge in [0.1, 0.15) is 11.8 Å². The smallest absolute Gasteiger partial charge is 0.271 e. The first-order valence-electron chi connectivity index (χ1n) is 9.40. The van der Waals surface area contributed by atoms with Gasteiger partial charge in [-0.05, 0) is 36.8 Å². The van der Waals surface area contributed by atoms with Gasteiger partial charge in [-0.2, -0.15) is 5.10 Å². The molecule has 3 amide bonds. The van der Waals surface area contributed by atoms with Crippen molar-refractivity contribution in [3.05, 3.63) is 60.2 Å². The molecule has 2 aromatic rings. The molecule has 4 N–H and O–H groups in total. The first-order valence-corrected chi connectivity index (χ1v) is 9.40.